The van der Waals surface area contributed by atoms with Gasteiger partial charge in [-0.15, -0.1) is 0 Å². The second-order valence-corrected chi connectivity index (χ2v) is 4.90. The van der Waals surface area contributed by atoms with Crippen LogP contribution in [0.3, 0.4) is 0 Å². The van der Waals surface area contributed by atoms with E-state index in [0.717, 1.165) is 25.1 Å². The normalized spacial score (nSPS) is 32.2. The summed E-state index contributed by atoms with van der Waals surface area (Å²) in [5, 5.41) is 6.28. The molecule has 3 rings (SSSR count). The van der Waals surface area contributed by atoms with Gasteiger partial charge in [0.1, 0.15) is 0 Å². The molecule has 4 heteroatoms. The third-order valence-corrected chi connectivity index (χ3v) is 3.89. The van der Waals surface area contributed by atoms with Gasteiger partial charge < -0.3 is 15.4 Å². The Bertz CT molecular complexity index is 429. The van der Waals surface area contributed by atoms with Crippen LogP contribution >= 0.6 is 0 Å². The van der Waals surface area contributed by atoms with E-state index in [0.29, 0.717) is 13.2 Å². The van der Waals surface area contributed by atoms with Crippen LogP contribution in [0.1, 0.15) is 12.0 Å². The predicted molar refractivity (Wildman–Crippen MR) is 68.1 cm³/mol. The highest BCUT2D eigenvalue weighted by Crippen LogP contribution is 2.38. The lowest BCUT2D eigenvalue weighted by Gasteiger charge is -2.40. The first-order valence-electron chi connectivity index (χ1n) is 6.52. The zero-order chi connectivity index (χ0) is 12.4. The largest absolute Gasteiger partial charge is 0.358 e. The number of benzene rings is 1. The van der Waals surface area contributed by atoms with E-state index in [1.165, 1.54) is 0 Å². The molecule has 2 fully saturated rings. The van der Waals surface area contributed by atoms with Gasteiger partial charge in [-0.1, -0.05) is 30.3 Å². The first-order chi connectivity index (χ1) is 8.84. The molecule has 2 heterocycles. The minimum absolute atomic E-state index is 0.00801. The summed E-state index contributed by atoms with van der Waals surface area (Å²) in [6, 6.07) is 9.87. The van der Waals surface area contributed by atoms with Gasteiger partial charge in [0.2, 0.25) is 0 Å². The van der Waals surface area contributed by atoms with E-state index in [1.807, 2.05) is 30.3 Å². The second kappa shape index (κ2) is 4.71. The van der Waals surface area contributed by atoms with Crippen molar-refractivity contribution in [2.45, 2.75) is 12.0 Å². The van der Waals surface area contributed by atoms with Crippen molar-refractivity contribution in [2.24, 2.45) is 5.92 Å². The summed E-state index contributed by atoms with van der Waals surface area (Å²) < 4.78 is 6.00. The van der Waals surface area contributed by atoms with E-state index in [2.05, 4.69) is 10.6 Å². The molecule has 0 saturated carbocycles. The maximum absolute atomic E-state index is 12.4. The van der Waals surface area contributed by atoms with E-state index >= 15 is 0 Å². The van der Waals surface area contributed by atoms with E-state index in [4.69, 9.17) is 4.74 Å². The molecule has 2 N–H and O–H groups in total. The lowest BCUT2D eigenvalue weighted by atomic mass is 9.79. The minimum Gasteiger partial charge on any atom is -0.358 e. The quantitative estimate of drug-likeness (QED) is 0.805. The number of carbonyl (C=O) groups excluding carboxylic acids is 1. The fourth-order valence-corrected chi connectivity index (χ4v) is 3.01. The first kappa shape index (κ1) is 11.7. The molecule has 18 heavy (non-hydrogen) atoms. The zero-order valence-electron chi connectivity index (χ0n) is 10.3. The fourth-order valence-electron chi connectivity index (χ4n) is 3.01. The number of carbonyl (C=O) groups is 1. The average Bonchev–Trinajstić information content (AvgIpc) is 2.95. The summed E-state index contributed by atoms with van der Waals surface area (Å²) in [6.07, 6.45) is 0.975. The Morgan fingerprint density at radius 3 is 2.72 bits per heavy atom. The van der Waals surface area contributed by atoms with Crippen LogP contribution in [0.2, 0.25) is 0 Å². The molecule has 1 amide bonds. The zero-order valence-corrected chi connectivity index (χ0v) is 10.3. The number of nitrogens with one attached hydrogen (secondary N) is 2. The molecule has 0 radical (unpaired) electrons. The minimum atomic E-state index is -0.803. The maximum atomic E-state index is 12.4. The van der Waals surface area contributed by atoms with E-state index in [-0.39, 0.29) is 11.8 Å². The van der Waals surface area contributed by atoms with Gasteiger partial charge in [0.25, 0.3) is 5.91 Å². The molecule has 0 spiro atoms. The molecule has 1 aromatic rings. The van der Waals surface area contributed by atoms with Crippen LogP contribution < -0.4 is 10.6 Å². The Morgan fingerprint density at radius 2 is 2.06 bits per heavy atom. The summed E-state index contributed by atoms with van der Waals surface area (Å²) in [5.41, 5.74) is 0.166. The summed E-state index contributed by atoms with van der Waals surface area (Å²) in [4.78, 5) is 12.4. The van der Waals surface area contributed by atoms with Crippen molar-refractivity contribution in [3.63, 3.8) is 0 Å². The van der Waals surface area contributed by atoms with Crippen LogP contribution in [0, 0.1) is 5.92 Å². The van der Waals surface area contributed by atoms with Crippen LogP contribution in [0.15, 0.2) is 30.3 Å². The molecule has 2 atom stereocenters. The third-order valence-electron chi connectivity index (χ3n) is 3.89. The van der Waals surface area contributed by atoms with Crippen LogP contribution in [-0.4, -0.2) is 32.1 Å². The molecule has 2 aliphatic rings. The molecular formula is C14H18N2O2. The second-order valence-electron chi connectivity index (χ2n) is 4.90. The number of hydrogen-bond acceptors (Lipinski definition) is 3. The van der Waals surface area contributed by atoms with Crippen molar-refractivity contribution in [2.75, 3.05) is 26.2 Å². The van der Waals surface area contributed by atoms with Gasteiger partial charge in [-0.2, -0.15) is 0 Å². The first-order valence-corrected chi connectivity index (χ1v) is 6.52. The van der Waals surface area contributed by atoms with Gasteiger partial charge >= 0.3 is 0 Å². The Balaban J connectivity index is 2.04. The predicted octanol–water partition coefficient (Wildman–Crippen LogP) is 0.638. The summed E-state index contributed by atoms with van der Waals surface area (Å²) in [6.45, 7) is 2.98. The van der Waals surface area contributed by atoms with Crippen LogP contribution in [0.4, 0.5) is 0 Å². The lowest BCUT2D eigenvalue weighted by Crippen LogP contribution is -2.57. The number of rotatable bonds is 2. The van der Waals surface area contributed by atoms with Gasteiger partial charge in [0.05, 0.1) is 6.61 Å². The number of ether oxygens (including phenoxy) is 1. The summed E-state index contributed by atoms with van der Waals surface area (Å²) in [5.74, 6) is 0.217. The van der Waals surface area contributed by atoms with Crippen LogP contribution in [-0.2, 0) is 15.1 Å². The maximum Gasteiger partial charge on any atom is 0.257 e. The Labute approximate surface area is 107 Å². The molecule has 2 aliphatic heterocycles. The SMILES string of the molecule is O=C1NCCOC1(c1ccccc1)C1CCNC1. The highest BCUT2D eigenvalue weighted by atomic mass is 16.5. The molecule has 96 valence electrons. The van der Waals surface area contributed by atoms with E-state index in [1.54, 1.807) is 0 Å². The van der Waals surface area contributed by atoms with Crippen LogP contribution in [0.25, 0.3) is 0 Å². The van der Waals surface area contributed by atoms with Gasteiger partial charge in [-0.25, -0.2) is 0 Å². The number of amides is 1. The van der Waals surface area contributed by atoms with Crippen molar-refractivity contribution in [3.05, 3.63) is 35.9 Å². The molecule has 0 aromatic heterocycles. The summed E-state index contributed by atoms with van der Waals surface area (Å²) >= 11 is 0. The summed E-state index contributed by atoms with van der Waals surface area (Å²) in [7, 11) is 0. The van der Waals surface area contributed by atoms with Gasteiger partial charge in [0, 0.05) is 19.0 Å². The highest BCUT2D eigenvalue weighted by molar-refractivity contribution is 5.87. The van der Waals surface area contributed by atoms with Crippen molar-refractivity contribution >= 4 is 5.91 Å². The highest BCUT2D eigenvalue weighted by Gasteiger charge is 2.50. The third kappa shape index (κ3) is 1.72. The average molecular weight is 246 g/mol. The van der Waals surface area contributed by atoms with Gasteiger partial charge in [-0.3, -0.25) is 4.79 Å². The molecule has 2 unspecified atom stereocenters. The molecule has 1 aromatic carbocycles. The molecule has 0 bridgehead atoms. The standard InChI is InChI=1S/C14H18N2O2/c17-13-14(18-9-8-16-13,12-6-7-15-10-12)11-4-2-1-3-5-11/h1-5,12,15H,6-10H2,(H,16,17). The molecule has 4 nitrogen and oxygen atoms in total. The molecule has 0 aliphatic carbocycles. The van der Waals surface area contributed by atoms with E-state index in [9.17, 15) is 4.79 Å². The number of hydrogen-bond donors (Lipinski definition) is 2. The monoisotopic (exact) mass is 246 g/mol. The van der Waals surface area contributed by atoms with Crippen molar-refractivity contribution in [3.8, 4) is 0 Å². The number of morpholine rings is 1. The Morgan fingerprint density at radius 1 is 1.22 bits per heavy atom. The molecule has 2 saturated heterocycles. The topological polar surface area (TPSA) is 50.4 Å². The van der Waals surface area contributed by atoms with Crippen LogP contribution in [0.5, 0.6) is 0 Å². The lowest BCUT2D eigenvalue weighted by molar-refractivity contribution is -0.166. The molecular weight excluding hydrogens is 228 g/mol. The smallest absolute Gasteiger partial charge is 0.257 e. The van der Waals surface area contributed by atoms with E-state index < -0.39 is 5.60 Å². The van der Waals surface area contributed by atoms with Gasteiger partial charge in [-0.05, 0) is 18.5 Å². The van der Waals surface area contributed by atoms with Gasteiger partial charge in [0.15, 0.2) is 5.60 Å². The fraction of sp³-hybridized carbons (Fsp3) is 0.500. The van der Waals surface area contributed by atoms with Crippen molar-refractivity contribution in [1.29, 1.82) is 0 Å². The van der Waals surface area contributed by atoms with Crippen molar-refractivity contribution in [1.82, 2.24) is 10.6 Å². The Hall–Kier alpha value is -1.39. The van der Waals surface area contributed by atoms with Crippen molar-refractivity contribution < 1.29 is 9.53 Å². The Kier molecular flexibility index (Phi) is 3.06.